The van der Waals surface area contributed by atoms with Gasteiger partial charge >= 0.3 is 0 Å². The number of piperazine rings is 1. The summed E-state index contributed by atoms with van der Waals surface area (Å²) in [5, 5.41) is 0. The maximum atomic E-state index is 6.18. The molecule has 1 aliphatic heterocycles. The first-order chi connectivity index (χ1) is 7.81. The van der Waals surface area contributed by atoms with E-state index in [0.29, 0.717) is 6.04 Å². The minimum Gasteiger partial charge on any atom is -0.326 e. The van der Waals surface area contributed by atoms with Crippen LogP contribution < -0.4 is 5.73 Å². The summed E-state index contributed by atoms with van der Waals surface area (Å²) in [7, 11) is 0. The van der Waals surface area contributed by atoms with Gasteiger partial charge in [0, 0.05) is 45.3 Å². The molecule has 0 aromatic rings. The smallest absolute Gasteiger partial charge is 0.0196 e. The zero-order valence-corrected chi connectivity index (χ0v) is 10.3. The second kappa shape index (κ2) is 4.63. The second-order valence-corrected chi connectivity index (χ2v) is 6.05. The van der Waals surface area contributed by atoms with Gasteiger partial charge in [0.2, 0.25) is 0 Å². The summed E-state index contributed by atoms with van der Waals surface area (Å²) in [6.07, 6.45) is 5.71. The molecule has 16 heavy (non-hydrogen) atoms. The summed E-state index contributed by atoms with van der Waals surface area (Å²) >= 11 is 0. The predicted molar refractivity (Wildman–Crippen MR) is 66.3 cm³/mol. The number of rotatable bonds is 5. The Morgan fingerprint density at radius 1 is 0.938 bits per heavy atom. The topological polar surface area (TPSA) is 32.5 Å². The molecular formula is C13H25N3. The lowest BCUT2D eigenvalue weighted by atomic mass is 10.1. The van der Waals surface area contributed by atoms with Crippen LogP contribution >= 0.6 is 0 Å². The van der Waals surface area contributed by atoms with Crippen LogP contribution in [0, 0.1) is 11.8 Å². The van der Waals surface area contributed by atoms with Crippen molar-refractivity contribution in [1.82, 2.24) is 9.80 Å². The second-order valence-electron chi connectivity index (χ2n) is 6.05. The summed E-state index contributed by atoms with van der Waals surface area (Å²) in [4.78, 5) is 5.23. The van der Waals surface area contributed by atoms with E-state index in [-0.39, 0.29) is 0 Å². The van der Waals surface area contributed by atoms with E-state index in [9.17, 15) is 0 Å². The molecule has 0 aromatic carbocycles. The molecule has 1 heterocycles. The fraction of sp³-hybridized carbons (Fsp3) is 1.00. The summed E-state index contributed by atoms with van der Waals surface area (Å²) in [6.45, 7) is 7.53. The molecule has 0 aromatic heterocycles. The largest absolute Gasteiger partial charge is 0.326 e. The molecule has 2 N–H and O–H groups in total. The molecule has 0 spiro atoms. The van der Waals surface area contributed by atoms with Crippen molar-refractivity contribution < 1.29 is 0 Å². The van der Waals surface area contributed by atoms with Crippen molar-refractivity contribution in [3.63, 3.8) is 0 Å². The van der Waals surface area contributed by atoms with Crippen molar-refractivity contribution in [3.05, 3.63) is 0 Å². The fourth-order valence-electron chi connectivity index (χ4n) is 2.79. The van der Waals surface area contributed by atoms with Gasteiger partial charge in [0.15, 0.2) is 0 Å². The van der Waals surface area contributed by atoms with E-state index in [4.69, 9.17) is 5.73 Å². The zero-order chi connectivity index (χ0) is 11.0. The van der Waals surface area contributed by atoms with Gasteiger partial charge in [-0.15, -0.1) is 0 Å². The van der Waals surface area contributed by atoms with Gasteiger partial charge in [-0.25, -0.2) is 0 Å². The predicted octanol–water partition coefficient (Wildman–Crippen LogP) is 0.751. The molecule has 1 unspecified atom stereocenters. The standard InChI is InChI=1S/C13H25N3/c14-13(12-3-4-12)10-16-7-5-15(6-8-16)9-11-1-2-11/h11-13H,1-10,14H2. The van der Waals surface area contributed by atoms with Gasteiger partial charge < -0.3 is 10.6 Å². The molecule has 2 aliphatic carbocycles. The Bertz CT molecular complexity index is 227. The normalized spacial score (nSPS) is 30.6. The first-order valence-electron chi connectivity index (χ1n) is 7.01. The molecule has 2 saturated carbocycles. The fourth-order valence-corrected chi connectivity index (χ4v) is 2.79. The molecule has 0 bridgehead atoms. The molecule has 1 saturated heterocycles. The Kier molecular flexibility index (Phi) is 3.18. The molecule has 0 radical (unpaired) electrons. The van der Waals surface area contributed by atoms with E-state index in [0.717, 1.165) is 18.4 Å². The van der Waals surface area contributed by atoms with Crippen LogP contribution in [0.25, 0.3) is 0 Å². The van der Waals surface area contributed by atoms with Crippen LogP contribution in [0.5, 0.6) is 0 Å². The maximum absolute atomic E-state index is 6.18. The van der Waals surface area contributed by atoms with E-state index >= 15 is 0 Å². The van der Waals surface area contributed by atoms with Crippen LogP contribution in [0.4, 0.5) is 0 Å². The number of hydrogen-bond donors (Lipinski definition) is 1. The highest BCUT2D eigenvalue weighted by Crippen LogP contribution is 2.32. The highest BCUT2D eigenvalue weighted by atomic mass is 15.3. The minimum atomic E-state index is 0.454. The summed E-state index contributed by atoms with van der Waals surface area (Å²) in [5.74, 6) is 1.89. The van der Waals surface area contributed by atoms with E-state index in [2.05, 4.69) is 9.80 Å². The van der Waals surface area contributed by atoms with Gasteiger partial charge in [0.1, 0.15) is 0 Å². The Balaban J connectivity index is 1.36. The number of hydrogen-bond acceptors (Lipinski definition) is 3. The van der Waals surface area contributed by atoms with Gasteiger partial charge in [-0.05, 0) is 37.5 Å². The lowest BCUT2D eigenvalue weighted by molar-refractivity contribution is 0.121. The number of nitrogens with two attached hydrogens (primary N) is 1. The van der Waals surface area contributed by atoms with Crippen molar-refractivity contribution in [2.24, 2.45) is 17.6 Å². The first-order valence-corrected chi connectivity index (χ1v) is 7.01. The third-order valence-corrected chi connectivity index (χ3v) is 4.37. The Hall–Kier alpha value is -0.120. The first kappa shape index (κ1) is 11.0. The van der Waals surface area contributed by atoms with Crippen molar-refractivity contribution in [3.8, 4) is 0 Å². The highest BCUT2D eigenvalue weighted by Gasteiger charge is 2.31. The lowest BCUT2D eigenvalue weighted by Gasteiger charge is -2.36. The summed E-state index contributed by atoms with van der Waals surface area (Å²) < 4.78 is 0. The van der Waals surface area contributed by atoms with E-state index < -0.39 is 0 Å². The lowest BCUT2D eigenvalue weighted by Crippen LogP contribution is -2.50. The molecule has 1 atom stereocenters. The molecular weight excluding hydrogens is 198 g/mol. The molecule has 3 rings (SSSR count). The molecule has 92 valence electrons. The van der Waals surface area contributed by atoms with Crippen LogP contribution in [0.2, 0.25) is 0 Å². The van der Waals surface area contributed by atoms with E-state index in [1.807, 2.05) is 0 Å². The molecule has 3 fully saturated rings. The molecule has 3 nitrogen and oxygen atoms in total. The Morgan fingerprint density at radius 3 is 2.12 bits per heavy atom. The van der Waals surface area contributed by atoms with E-state index in [1.165, 1.54) is 58.4 Å². The minimum absolute atomic E-state index is 0.454. The molecule has 0 amide bonds. The zero-order valence-electron chi connectivity index (χ0n) is 10.3. The van der Waals surface area contributed by atoms with Gasteiger partial charge in [0.25, 0.3) is 0 Å². The van der Waals surface area contributed by atoms with Crippen molar-refractivity contribution in [1.29, 1.82) is 0 Å². The summed E-state index contributed by atoms with van der Waals surface area (Å²) in [5.41, 5.74) is 6.18. The van der Waals surface area contributed by atoms with Crippen molar-refractivity contribution >= 4 is 0 Å². The average molecular weight is 223 g/mol. The van der Waals surface area contributed by atoms with Crippen LogP contribution in [-0.2, 0) is 0 Å². The third kappa shape index (κ3) is 2.96. The van der Waals surface area contributed by atoms with Crippen LogP contribution in [-0.4, -0.2) is 55.1 Å². The average Bonchev–Trinajstić information content (AvgIpc) is 3.15. The van der Waals surface area contributed by atoms with Crippen LogP contribution in [0.3, 0.4) is 0 Å². The van der Waals surface area contributed by atoms with Crippen molar-refractivity contribution in [2.75, 3.05) is 39.3 Å². The van der Waals surface area contributed by atoms with Gasteiger partial charge in [-0.1, -0.05) is 0 Å². The maximum Gasteiger partial charge on any atom is 0.0196 e. The Morgan fingerprint density at radius 2 is 1.56 bits per heavy atom. The van der Waals surface area contributed by atoms with Gasteiger partial charge in [0.05, 0.1) is 0 Å². The SMILES string of the molecule is NC(CN1CCN(CC2CC2)CC1)C1CC1. The van der Waals surface area contributed by atoms with Crippen LogP contribution in [0.15, 0.2) is 0 Å². The quantitative estimate of drug-likeness (QED) is 0.746. The van der Waals surface area contributed by atoms with Gasteiger partial charge in [-0.2, -0.15) is 0 Å². The monoisotopic (exact) mass is 223 g/mol. The molecule has 3 heteroatoms. The number of nitrogens with zero attached hydrogens (tertiary/aromatic N) is 2. The van der Waals surface area contributed by atoms with Gasteiger partial charge in [-0.3, -0.25) is 4.90 Å². The highest BCUT2D eigenvalue weighted by molar-refractivity contribution is 4.87. The third-order valence-electron chi connectivity index (χ3n) is 4.37. The molecule has 3 aliphatic rings. The van der Waals surface area contributed by atoms with Crippen LogP contribution in [0.1, 0.15) is 25.7 Å². The van der Waals surface area contributed by atoms with Crippen molar-refractivity contribution in [2.45, 2.75) is 31.7 Å². The summed E-state index contributed by atoms with van der Waals surface area (Å²) in [6, 6.07) is 0.454. The Labute approximate surface area is 99.0 Å². The van der Waals surface area contributed by atoms with E-state index in [1.54, 1.807) is 0 Å².